The first-order valence-electron chi connectivity index (χ1n) is 6.39. The summed E-state index contributed by atoms with van der Waals surface area (Å²) < 4.78 is 0. The summed E-state index contributed by atoms with van der Waals surface area (Å²) in [6.45, 7) is 4.81. The molecule has 1 aliphatic carbocycles. The molecule has 2 aliphatic rings. The molecule has 94 valence electrons. The standard InChI is InChI=1S/C13H20N2S2/c1-12(2)5-7-16-9-13(12,15-10-3-4-10)11-14-6-8-17-11/h6,8,10,15H,3-5,7,9H2,1-2H3. The van der Waals surface area contributed by atoms with E-state index in [2.05, 4.69) is 41.3 Å². The van der Waals surface area contributed by atoms with Crippen LogP contribution in [0.3, 0.4) is 0 Å². The largest absolute Gasteiger partial charge is 0.301 e. The van der Waals surface area contributed by atoms with Gasteiger partial charge in [-0.2, -0.15) is 11.8 Å². The maximum absolute atomic E-state index is 4.63. The van der Waals surface area contributed by atoms with E-state index >= 15 is 0 Å². The number of thioether (sulfide) groups is 1. The van der Waals surface area contributed by atoms with Crippen molar-refractivity contribution in [2.75, 3.05) is 11.5 Å². The minimum Gasteiger partial charge on any atom is -0.301 e. The molecule has 2 nitrogen and oxygen atoms in total. The van der Waals surface area contributed by atoms with Gasteiger partial charge in [-0.25, -0.2) is 4.98 Å². The highest BCUT2D eigenvalue weighted by atomic mass is 32.2. The van der Waals surface area contributed by atoms with Crippen molar-refractivity contribution < 1.29 is 0 Å². The van der Waals surface area contributed by atoms with E-state index in [1.54, 1.807) is 0 Å². The molecule has 4 heteroatoms. The molecule has 1 unspecified atom stereocenters. The fourth-order valence-electron chi connectivity index (χ4n) is 2.62. The van der Waals surface area contributed by atoms with Crippen molar-refractivity contribution in [3.63, 3.8) is 0 Å². The lowest BCUT2D eigenvalue weighted by molar-refractivity contribution is 0.126. The highest BCUT2D eigenvalue weighted by Crippen LogP contribution is 2.50. The highest BCUT2D eigenvalue weighted by Gasteiger charge is 2.51. The zero-order valence-electron chi connectivity index (χ0n) is 10.5. The first kappa shape index (κ1) is 12.0. The summed E-state index contributed by atoms with van der Waals surface area (Å²) in [4.78, 5) is 4.63. The molecule has 2 fully saturated rings. The second-order valence-electron chi connectivity index (χ2n) is 5.85. The van der Waals surface area contributed by atoms with Crippen molar-refractivity contribution in [2.45, 2.75) is 44.7 Å². The van der Waals surface area contributed by atoms with Crippen LogP contribution in [0.15, 0.2) is 11.6 Å². The Kier molecular flexibility index (Phi) is 3.00. The number of rotatable bonds is 3. The molecule has 1 atom stereocenters. The van der Waals surface area contributed by atoms with Gasteiger partial charge in [0, 0.05) is 23.4 Å². The second kappa shape index (κ2) is 4.25. The Morgan fingerprint density at radius 2 is 2.24 bits per heavy atom. The Labute approximate surface area is 112 Å². The SMILES string of the molecule is CC1(C)CCSCC1(NC1CC1)c1nccs1. The van der Waals surface area contributed by atoms with Crippen LogP contribution in [0.5, 0.6) is 0 Å². The van der Waals surface area contributed by atoms with Gasteiger partial charge in [-0.05, 0) is 30.4 Å². The maximum atomic E-state index is 4.63. The molecule has 1 aromatic rings. The van der Waals surface area contributed by atoms with Gasteiger partial charge in [0.15, 0.2) is 0 Å². The van der Waals surface area contributed by atoms with E-state index in [9.17, 15) is 0 Å². The Hall–Kier alpha value is -0.0600. The molecule has 0 radical (unpaired) electrons. The van der Waals surface area contributed by atoms with Crippen molar-refractivity contribution in [2.24, 2.45) is 5.41 Å². The van der Waals surface area contributed by atoms with Crippen molar-refractivity contribution >= 4 is 23.1 Å². The zero-order valence-corrected chi connectivity index (χ0v) is 12.2. The molecule has 1 aromatic heterocycles. The molecule has 2 heterocycles. The predicted octanol–water partition coefficient (Wildman–Crippen LogP) is 3.25. The van der Waals surface area contributed by atoms with E-state index < -0.39 is 0 Å². The van der Waals surface area contributed by atoms with Crippen LogP contribution in [-0.2, 0) is 5.54 Å². The summed E-state index contributed by atoms with van der Waals surface area (Å²) in [5.41, 5.74) is 0.407. The van der Waals surface area contributed by atoms with Crippen LogP contribution in [0, 0.1) is 5.41 Å². The Morgan fingerprint density at radius 3 is 2.82 bits per heavy atom. The molecule has 3 rings (SSSR count). The van der Waals surface area contributed by atoms with E-state index in [0.717, 1.165) is 6.04 Å². The average molecular weight is 268 g/mol. The lowest BCUT2D eigenvalue weighted by Crippen LogP contribution is -2.58. The van der Waals surface area contributed by atoms with E-state index in [4.69, 9.17) is 0 Å². The quantitative estimate of drug-likeness (QED) is 0.911. The molecule has 0 aromatic carbocycles. The third kappa shape index (κ3) is 2.04. The minimum atomic E-state index is 0.102. The smallest absolute Gasteiger partial charge is 0.114 e. The van der Waals surface area contributed by atoms with Crippen molar-refractivity contribution in [1.29, 1.82) is 0 Å². The summed E-state index contributed by atoms with van der Waals surface area (Å²) in [5.74, 6) is 2.45. The number of thiazole rings is 1. The third-order valence-electron chi connectivity index (χ3n) is 4.17. The van der Waals surface area contributed by atoms with Crippen molar-refractivity contribution in [3.8, 4) is 0 Å². The molecular formula is C13H20N2S2. The number of aromatic nitrogens is 1. The monoisotopic (exact) mass is 268 g/mol. The Morgan fingerprint density at radius 1 is 1.41 bits per heavy atom. The van der Waals surface area contributed by atoms with Gasteiger partial charge >= 0.3 is 0 Å². The van der Waals surface area contributed by atoms with Crippen molar-refractivity contribution in [1.82, 2.24) is 10.3 Å². The van der Waals surface area contributed by atoms with Crippen LogP contribution in [0.4, 0.5) is 0 Å². The van der Waals surface area contributed by atoms with Gasteiger partial charge < -0.3 is 5.32 Å². The Balaban J connectivity index is 1.99. The topological polar surface area (TPSA) is 24.9 Å². The summed E-state index contributed by atoms with van der Waals surface area (Å²) in [7, 11) is 0. The van der Waals surface area contributed by atoms with E-state index in [-0.39, 0.29) is 5.54 Å². The molecular weight excluding hydrogens is 248 g/mol. The van der Waals surface area contributed by atoms with Crippen molar-refractivity contribution in [3.05, 3.63) is 16.6 Å². The minimum absolute atomic E-state index is 0.102. The van der Waals surface area contributed by atoms with Crippen LogP contribution >= 0.6 is 23.1 Å². The summed E-state index contributed by atoms with van der Waals surface area (Å²) >= 11 is 3.89. The fraction of sp³-hybridized carbons (Fsp3) is 0.769. The van der Waals surface area contributed by atoms with Crippen LogP contribution in [0.1, 0.15) is 38.1 Å². The van der Waals surface area contributed by atoms with Gasteiger partial charge in [-0.15, -0.1) is 11.3 Å². The van der Waals surface area contributed by atoms with Gasteiger partial charge in [0.1, 0.15) is 5.01 Å². The molecule has 1 saturated heterocycles. The number of nitrogens with zero attached hydrogens (tertiary/aromatic N) is 1. The molecule has 0 spiro atoms. The summed E-state index contributed by atoms with van der Waals surface area (Å²) in [6, 6.07) is 0.733. The number of hydrogen-bond acceptors (Lipinski definition) is 4. The predicted molar refractivity (Wildman–Crippen MR) is 75.7 cm³/mol. The molecule has 17 heavy (non-hydrogen) atoms. The Bertz CT molecular complexity index is 384. The molecule has 1 aliphatic heterocycles. The normalized spacial score (nSPS) is 32.6. The first-order chi connectivity index (χ1) is 8.14. The van der Waals surface area contributed by atoms with E-state index in [0.29, 0.717) is 5.41 Å². The first-order valence-corrected chi connectivity index (χ1v) is 8.43. The van der Waals surface area contributed by atoms with Crippen LogP contribution in [0.2, 0.25) is 0 Å². The van der Waals surface area contributed by atoms with Gasteiger partial charge in [0.25, 0.3) is 0 Å². The van der Waals surface area contributed by atoms with Crippen LogP contribution in [-0.4, -0.2) is 22.5 Å². The van der Waals surface area contributed by atoms with Gasteiger partial charge in [0.2, 0.25) is 0 Å². The van der Waals surface area contributed by atoms with Gasteiger partial charge in [0.05, 0.1) is 5.54 Å². The highest BCUT2D eigenvalue weighted by molar-refractivity contribution is 7.99. The van der Waals surface area contributed by atoms with Crippen LogP contribution < -0.4 is 5.32 Å². The molecule has 1 N–H and O–H groups in total. The third-order valence-corrected chi connectivity index (χ3v) is 6.24. The van der Waals surface area contributed by atoms with Gasteiger partial charge in [-0.3, -0.25) is 0 Å². The maximum Gasteiger partial charge on any atom is 0.114 e. The molecule has 0 bridgehead atoms. The summed E-state index contributed by atoms with van der Waals surface area (Å²) in [6.07, 6.45) is 5.91. The fourth-order valence-corrected chi connectivity index (χ4v) is 5.41. The van der Waals surface area contributed by atoms with E-state index in [1.165, 1.54) is 35.8 Å². The zero-order chi connectivity index (χ0) is 11.9. The average Bonchev–Trinajstić information content (AvgIpc) is 2.93. The summed E-state index contributed by atoms with van der Waals surface area (Å²) in [5, 5.41) is 7.33. The lowest BCUT2D eigenvalue weighted by Gasteiger charge is -2.49. The lowest BCUT2D eigenvalue weighted by atomic mass is 9.71. The van der Waals surface area contributed by atoms with Gasteiger partial charge in [-0.1, -0.05) is 13.8 Å². The number of hydrogen-bond donors (Lipinski definition) is 1. The molecule has 1 saturated carbocycles. The van der Waals surface area contributed by atoms with Crippen LogP contribution in [0.25, 0.3) is 0 Å². The molecule has 0 amide bonds. The van der Waals surface area contributed by atoms with E-state index in [1.807, 2.05) is 17.5 Å². The second-order valence-corrected chi connectivity index (χ2v) is 7.85. The number of nitrogens with one attached hydrogen (secondary N) is 1.